The van der Waals surface area contributed by atoms with E-state index in [-0.39, 0.29) is 6.04 Å². The van der Waals surface area contributed by atoms with Crippen molar-refractivity contribution in [3.8, 4) is 0 Å². The van der Waals surface area contributed by atoms with E-state index in [2.05, 4.69) is 26.9 Å². The molecule has 5 rings (SSSR count). The minimum Gasteiger partial charge on any atom is -0.450 e. The van der Waals surface area contributed by atoms with Gasteiger partial charge in [0.15, 0.2) is 11.4 Å². The number of para-hydroxylation sites is 1. The van der Waals surface area contributed by atoms with Gasteiger partial charge in [-0.2, -0.15) is 5.10 Å². The van der Waals surface area contributed by atoms with Crippen molar-refractivity contribution in [2.24, 2.45) is 0 Å². The van der Waals surface area contributed by atoms with Crippen molar-refractivity contribution in [3.05, 3.63) is 48.5 Å². The van der Waals surface area contributed by atoms with E-state index in [1.54, 1.807) is 6.33 Å². The summed E-state index contributed by atoms with van der Waals surface area (Å²) in [5, 5.41) is 5.37. The molecule has 0 radical (unpaired) electrons. The largest absolute Gasteiger partial charge is 0.450 e. The predicted molar refractivity (Wildman–Crippen MR) is 105 cm³/mol. The molecule has 1 aromatic carbocycles. The van der Waals surface area contributed by atoms with Crippen molar-refractivity contribution < 1.29 is 8.63 Å². The number of nitrogens with zero attached hydrogens (tertiary/aromatic N) is 5. The zero-order chi connectivity index (χ0) is 18.4. The van der Waals surface area contributed by atoms with E-state index in [1.807, 2.05) is 41.3 Å². The van der Waals surface area contributed by atoms with Crippen LogP contribution in [0.15, 0.2) is 47.4 Å². The molecule has 7 nitrogen and oxygen atoms in total. The van der Waals surface area contributed by atoms with E-state index in [9.17, 15) is 4.21 Å². The summed E-state index contributed by atoms with van der Waals surface area (Å²) in [6.45, 7) is 3.50. The summed E-state index contributed by atoms with van der Waals surface area (Å²) in [5.74, 6) is 1.92. The highest BCUT2D eigenvalue weighted by atomic mass is 32.2. The summed E-state index contributed by atoms with van der Waals surface area (Å²) in [6.07, 6.45) is 5.47. The fourth-order valence-corrected chi connectivity index (χ4v) is 4.97. The Bertz CT molecular complexity index is 1150. The molecular weight excluding hydrogens is 362 g/mol. The summed E-state index contributed by atoms with van der Waals surface area (Å²) in [4.78, 5) is 11.2. The Kier molecular flexibility index (Phi) is 3.93. The van der Waals surface area contributed by atoms with Crippen molar-refractivity contribution in [1.82, 2.24) is 19.7 Å². The minimum absolute atomic E-state index is 0.0498. The van der Waals surface area contributed by atoms with Crippen LogP contribution in [-0.4, -0.2) is 42.0 Å². The van der Waals surface area contributed by atoms with Crippen LogP contribution >= 0.6 is 0 Å². The van der Waals surface area contributed by atoms with Crippen molar-refractivity contribution in [1.29, 1.82) is 0 Å². The zero-order valence-electron chi connectivity index (χ0n) is 14.9. The summed E-state index contributed by atoms with van der Waals surface area (Å²) >= 11 is 0. The van der Waals surface area contributed by atoms with Crippen LogP contribution in [0.3, 0.4) is 0 Å². The molecule has 2 atom stereocenters. The molecule has 4 aromatic rings. The van der Waals surface area contributed by atoms with Crippen molar-refractivity contribution in [2.75, 3.05) is 23.0 Å². The van der Waals surface area contributed by atoms with Crippen LogP contribution in [0.25, 0.3) is 22.1 Å². The van der Waals surface area contributed by atoms with Gasteiger partial charge in [-0.15, -0.1) is 0 Å². The first-order valence-electron chi connectivity index (χ1n) is 9.01. The molecule has 0 aliphatic carbocycles. The lowest BCUT2D eigenvalue weighted by molar-refractivity contribution is 0.616. The number of hydrogen-bond donors (Lipinski definition) is 0. The predicted octanol–water partition coefficient (Wildman–Crippen LogP) is 2.90. The van der Waals surface area contributed by atoms with Gasteiger partial charge in [-0.3, -0.25) is 8.89 Å². The smallest absolute Gasteiger partial charge is 0.196 e. The minimum atomic E-state index is -0.859. The quantitative estimate of drug-likeness (QED) is 0.543. The lowest BCUT2D eigenvalue weighted by atomic mass is 10.1. The molecule has 0 saturated carbocycles. The van der Waals surface area contributed by atoms with Crippen LogP contribution in [0, 0.1) is 0 Å². The maximum Gasteiger partial charge on any atom is 0.196 e. The number of aromatic nitrogens is 4. The van der Waals surface area contributed by atoms with E-state index in [4.69, 9.17) is 4.42 Å². The highest BCUT2D eigenvalue weighted by Gasteiger charge is 2.32. The van der Waals surface area contributed by atoms with Gasteiger partial charge in [-0.25, -0.2) is 9.97 Å². The Labute approximate surface area is 158 Å². The first-order chi connectivity index (χ1) is 13.2. The number of rotatable bonds is 3. The highest BCUT2D eigenvalue weighted by Crippen LogP contribution is 2.36. The molecule has 8 heteroatoms. The van der Waals surface area contributed by atoms with Gasteiger partial charge in [0.2, 0.25) is 0 Å². The fraction of sp³-hybridized carbons (Fsp3) is 0.316. The summed E-state index contributed by atoms with van der Waals surface area (Å²) in [6, 6.07) is 7.82. The number of aryl methyl sites for hydroxylation is 1. The zero-order valence-corrected chi connectivity index (χ0v) is 15.7. The van der Waals surface area contributed by atoms with E-state index in [0.717, 1.165) is 34.4 Å². The standard InChI is InChI=1S/C19H19N5O2S/c1-2-23-10-13(9-22-23)15-11-27(25)8-7-24(15)19-18-17(20-12-21-19)14-5-3-4-6-16(14)26-18/h3-6,9-10,12,15H,2,7-8,11H2,1H3/t15-,27-/m1/s1. The van der Waals surface area contributed by atoms with Gasteiger partial charge in [0.1, 0.15) is 17.4 Å². The Hall–Kier alpha value is -2.74. The first-order valence-corrected chi connectivity index (χ1v) is 10.5. The number of anilines is 1. The molecule has 0 bridgehead atoms. The third-order valence-electron chi connectivity index (χ3n) is 5.05. The van der Waals surface area contributed by atoms with Gasteiger partial charge in [-0.1, -0.05) is 12.1 Å². The van der Waals surface area contributed by atoms with Gasteiger partial charge < -0.3 is 9.32 Å². The number of hydrogen-bond acceptors (Lipinski definition) is 6. The second kappa shape index (κ2) is 6.45. The Balaban J connectivity index is 1.65. The van der Waals surface area contributed by atoms with E-state index in [0.29, 0.717) is 23.6 Å². The molecule has 3 aromatic heterocycles. The molecule has 0 N–H and O–H groups in total. The monoisotopic (exact) mass is 381 g/mol. The maximum absolute atomic E-state index is 12.3. The lowest BCUT2D eigenvalue weighted by Crippen LogP contribution is -2.41. The van der Waals surface area contributed by atoms with Crippen molar-refractivity contribution in [2.45, 2.75) is 19.5 Å². The lowest BCUT2D eigenvalue weighted by Gasteiger charge is -2.35. The molecule has 1 aliphatic rings. The van der Waals surface area contributed by atoms with Crippen LogP contribution in [-0.2, 0) is 17.3 Å². The number of furan rings is 1. The number of benzene rings is 1. The number of fused-ring (bicyclic) bond motifs is 3. The topological polar surface area (TPSA) is 77.0 Å². The van der Waals surface area contributed by atoms with Crippen LogP contribution < -0.4 is 4.90 Å². The van der Waals surface area contributed by atoms with Crippen LogP contribution in [0.1, 0.15) is 18.5 Å². The van der Waals surface area contributed by atoms with E-state index < -0.39 is 10.8 Å². The molecule has 1 saturated heterocycles. The van der Waals surface area contributed by atoms with Crippen LogP contribution in [0.4, 0.5) is 5.82 Å². The fourth-order valence-electron chi connectivity index (χ4n) is 3.68. The second-order valence-electron chi connectivity index (χ2n) is 6.62. The van der Waals surface area contributed by atoms with Gasteiger partial charge in [0.05, 0.1) is 12.2 Å². The van der Waals surface area contributed by atoms with Gasteiger partial charge in [-0.05, 0) is 19.1 Å². The molecule has 0 unspecified atom stereocenters. The van der Waals surface area contributed by atoms with E-state index in [1.165, 1.54) is 0 Å². The molecule has 0 spiro atoms. The average Bonchev–Trinajstić information content (AvgIpc) is 3.32. The third kappa shape index (κ3) is 2.71. The molecule has 4 heterocycles. The Morgan fingerprint density at radius 1 is 1.30 bits per heavy atom. The Morgan fingerprint density at radius 3 is 3.04 bits per heavy atom. The summed E-state index contributed by atoms with van der Waals surface area (Å²) in [7, 11) is -0.859. The molecular formula is C19H19N5O2S. The molecule has 27 heavy (non-hydrogen) atoms. The van der Waals surface area contributed by atoms with Crippen molar-refractivity contribution in [3.63, 3.8) is 0 Å². The Morgan fingerprint density at radius 2 is 2.19 bits per heavy atom. The van der Waals surface area contributed by atoms with Gasteiger partial charge >= 0.3 is 0 Å². The van der Waals surface area contributed by atoms with E-state index >= 15 is 0 Å². The second-order valence-corrected chi connectivity index (χ2v) is 8.24. The summed E-state index contributed by atoms with van der Waals surface area (Å²) in [5.41, 5.74) is 3.34. The molecule has 1 fully saturated rings. The van der Waals surface area contributed by atoms with Crippen LogP contribution in [0.5, 0.6) is 0 Å². The molecule has 138 valence electrons. The van der Waals surface area contributed by atoms with Crippen molar-refractivity contribution >= 4 is 38.7 Å². The van der Waals surface area contributed by atoms with Crippen LogP contribution in [0.2, 0.25) is 0 Å². The highest BCUT2D eigenvalue weighted by molar-refractivity contribution is 7.85. The average molecular weight is 381 g/mol. The van der Waals surface area contributed by atoms with Gasteiger partial charge in [0.25, 0.3) is 0 Å². The molecule has 1 aliphatic heterocycles. The first kappa shape index (κ1) is 16.4. The van der Waals surface area contributed by atoms with Gasteiger partial charge in [0, 0.05) is 52.5 Å². The SMILES string of the molecule is CCn1cc([C@H]2C[S@](=O)CCN2c2ncnc3c2oc2ccccc23)cn1. The maximum atomic E-state index is 12.3. The third-order valence-corrected chi connectivity index (χ3v) is 6.38. The molecule has 0 amide bonds. The summed E-state index contributed by atoms with van der Waals surface area (Å²) < 4.78 is 20.3. The normalized spacial score (nSPS) is 20.6.